The fourth-order valence-electron chi connectivity index (χ4n) is 2.36. The Morgan fingerprint density at radius 2 is 2.19 bits per heavy atom. The second-order valence-electron chi connectivity index (χ2n) is 4.85. The molecule has 0 aromatic heterocycles. The van der Waals surface area contributed by atoms with Gasteiger partial charge in [-0.3, -0.25) is 0 Å². The summed E-state index contributed by atoms with van der Waals surface area (Å²) >= 11 is 0. The minimum Gasteiger partial charge on any atom is -0.394 e. The SMILES string of the molecule is CCNC(CO)(CN(C)CCOC)C1CC1. The van der Waals surface area contributed by atoms with Crippen LogP contribution in [0.2, 0.25) is 0 Å². The number of nitrogens with one attached hydrogen (secondary N) is 1. The molecule has 0 amide bonds. The molecule has 1 aliphatic rings. The van der Waals surface area contributed by atoms with Gasteiger partial charge in [0.2, 0.25) is 0 Å². The average molecular weight is 230 g/mol. The van der Waals surface area contributed by atoms with E-state index in [1.165, 1.54) is 12.8 Å². The number of hydrogen-bond donors (Lipinski definition) is 2. The van der Waals surface area contributed by atoms with Crippen molar-refractivity contribution < 1.29 is 9.84 Å². The van der Waals surface area contributed by atoms with E-state index in [4.69, 9.17) is 4.74 Å². The number of ether oxygens (including phenoxy) is 1. The van der Waals surface area contributed by atoms with Crippen LogP contribution in [0.25, 0.3) is 0 Å². The first-order chi connectivity index (χ1) is 7.68. The van der Waals surface area contributed by atoms with Crippen LogP contribution in [0, 0.1) is 5.92 Å². The molecule has 0 aromatic rings. The van der Waals surface area contributed by atoms with Gasteiger partial charge in [-0.25, -0.2) is 0 Å². The van der Waals surface area contributed by atoms with E-state index < -0.39 is 0 Å². The summed E-state index contributed by atoms with van der Waals surface area (Å²) in [7, 11) is 3.81. The van der Waals surface area contributed by atoms with Crippen molar-refractivity contribution in [2.75, 3.05) is 47.0 Å². The highest BCUT2D eigenvalue weighted by Gasteiger charge is 2.44. The molecular formula is C12H26N2O2. The van der Waals surface area contributed by atoms with E-state index >= 15 is 0 Å². The molecule has 4 nitrogen and oxygen atoms in total. The van der Waals surface area contributed by atoms with Gasteiger partial charge in [0.15, 0.2) is 0 Å². The minimum atomic E-state index is -0.1000. The summed E-state index contributed by atoms with van der Waals surface area (Å²) < 4.78 is 5.07. The summed E-state index contributed by atoms with van der Waals surface area (Å²) in [6.45, 7) is 5.79. The third-order valence-electron chi connectivity index (χ3n) is 3.40. The number of rotatable bonds is 9. The average Bonchev–Trinajstić information content (AvgIpc) is 3.09. The van der Waals surface area contributed by atoms with Crippen molar-refractivity contribution in [3.8, 4) is 0 Å². The van der Waals surface area contributed by atoms with Crippen LogP contribution in [-0.4, -0.2) is 62.6 Å². The lowest BCUT2D eigenvalue weighted by atomic mass is 9.93. The predicted molar refractivity (Wildman–Crippen MR) is 65.6 cm³/mol. The summed E-state index contributed by atoms with van der Waals surface area (Å²) in [4.78, 5) is 2.24. The Morgan fingerprint density at radius 1 is 1.50 bits per heavy atom. The molecule has 1 atom stereocenters. The van der Waals surface area contributed by atoms with E-state index in [0.29, 0.717) is 5.92 Å². The van der Waals surface area contributed by atoms with E-state index in [0.717, 1.165) is 26.2 Å². The topological polar surface area (TPSA) is 44.7 Å². The zero-order valence-corrected chi connectivity index (χ0v) is 10.8. The molecule has 0 bridgehead atoms. The van der Waals surface area contributed by atoms with E-state index in [-0.39, 0.29) is 12.1 Å². The molecule has 0 aromatic carbocycles. The molecule has 16 heavy (non-hydrogen) atoms. The molecule has 0 spiro atoms. The first-order valence-corrected chi connectivity index (χ1v) is 6.22. The largest absolute Gasteiger partial charge is 0.394 e. The van der Waals surface area contributed by atoms with Crippen LogP contribution in [-0.2, 0) is 4.74 Å². The normalized spacial score (nSPS) is 20.1. The lowest BCUT2D eigenvalue weighted by Gasteiger charge is -2.37. The molecule has 96 valence electrons. The van der Waals surface area contributed by atoms with Gasteiger partial charge in [-0.2, -0.15) is 0 Å². The zero-order valence-electron chi connectivity index (χ0n) is 10.8. The third-order valence-corrected chi connectivity index (χ3v) is 3.40. The van der Waals surface area contributed by atoms with Gasteiger partial charge in [0.25, 0.3) is 0 Å². The van der Waals surface area contributed by atoms with Gasteiger partial charge in [0.05, 0.1) is 18.8 Å². The zero-order chi connectivity index (χ0) is 12.0. The first-order valence-electron chi connectivity index (χ1n) is 6.22. The van der Waals surface area contributed by atoms with Gasteiger partial charge in [-0.15, -0.1) is 0 Å². The quantitative estimate of drug-likeness (QED) is 0.598. The minimum absolute atomic E-state index is 0.1000. The number of methoxy groups -OCH3 is 1. The summed E-state index contributed by atoms with van der Waals surface area (Å²) in [6.07, 6.45) is 2.48. The molecule has 1 saturated carbocycles. The summed E-state index contributed by atoms with van der Waals surface area (Å²) in [5.74, 6) is 0.641. The van der Waals surface area contributed by atoms with Crippen LogP contribution >= 0.6 is 0 Å². The van der Waals surface area contributed by atoms with E-state index in [9.17, 15) is 5.11 Å². The van der Waals surface area contributed by atoms with Gasteiger partial charge >= 0.3 is 0 Å². The molecule has 1 fully saturated rings. The fourth-order valence-corrected chi connectivity index (χ4v) is 2.36. The molecule has 1 rings (SSSR count). The van der Waals surface area contributed by atoms with Crippen LogP contribution in [0.3, 0.4) is 0 Å². The van der Waals surface area contributed by atoms with Crippen molar-refractivity contribution >= 4 is 0 Å². The monoisotopic (exact) mass is 230 g/mol. The van der Waals surface area contributed by atoms with Gasteiger partial charge in [-0.05, 0) is 32.4 Å². The molecule has 0 aliphatic heterocycles. The highest BCUT2D eigenvalue weighted by molar-refractivity contribution is 5.02. The van der Waals surface area contributed by atoms with Gasteiger partial charge in [0, 0.05) is 20.2 Å². The number of aliphatic hydroxyl groups is 1. The Kier molecular flexibility index (Phi) is 5.69. The molecule has 1 unspecified atom stereocenters. The Balaban J connectivity index is 2.48. The molecule has 0 saturated heterocycles. The van der Waals surface area contributed by atoms with Crippen LogP contribution in [0.4, 0.5) is 0 Å². The third kappa shape index (κ3) is 3.70. The second kappa shape index (κ2) is 6.55. The lowest BCUT2D eigenvalue weighted by molar-refractivity contribution is 0.0870. The number of nitrogens with zero attached hydrogens (tertiary/aromatic N) is 1. The first kappa shape index (κ1) is 13.9. The highest BCUT2D eigenvalue weighted by atomic mass is 16.5. The van der Waals surface area contributed by atoms with Gasteiger partial charge in [0.1, 0.15) is 0 Å². The second-order valence-corrected chi connectivity index (χ2v) is 4.85. The number of aliphatic hydroxyl groups excluding tert-OH is 1. The van der Waals surface area contributed by atoms with Crippen molar-refractivity contribution in [1.29, 1.82) is 0 Å². The molecule has 0 heterocycles. The Bertz CT molecular complexity index is 197. The fraction of sp³-hybridized carbons (Fsp3) is 1.00. The summed E-state index contributed by atoms with van der Waals surface area (Å²) in [5, 5.41) is 13.2. The van der Waals surface area contributed by atoms with Gasteiger partial charge < -0.3 is 20.1 Å². The maximum atomic E-state index is 9.67. The molecule has 1 aliphatic carbocycles. The number of hydrogen-bond acceptors (Lipinski definition) is 4. The van der Waals surface area contributed by atoms with E-state index in [1.54, 1.807) is 7.11 Å². The van der Waals surface area contributed by atoms with Gasteiger partial charge in [-0.1, -0.05) is 6.92 Å². The standard InChI is InChI=1S/C12H26N2O2/c1-4-13-12(10-15,11-5-6-11)9-14(2)7-8-16-3/h11,13,15H,4-10H2,1-3H3. The van der Waals surface area contributed by atoms with E-state index in [2.05, 4.69) is 24.2 Å². The maximum absolute atomic E-state index is 9.67. The highest BCUT2D eigenvalue weighted by Crippen LogP contribution is 2.39. The molecular weight excluding hydrogens is 204 g/mol. The van der Waals surface area contributed by atoms with E-state index in [1.807, 2.05) is 0 Å². The Morgan fingerprint density at radius 3 is 2.62 bits per heavy atom. The Hall–Kier alpha value is -0.160. The van der Waals surface area contributed by atoms with Crippen molar-refractivity contribution in [3.63, 3.8) is 0 Å². The molecule has 4 heteroatoms. The van der Waals surface area contributed by atoms with Crippen molar-refractivity contribution in [3.05, 3.63) is 0 Å². The Labute approximate surface area is 99.0 Å². The van der Waals surface area contributed by atoms with Crippen LogP contribution < -0.4 is 5.32 Å². The van der Waals surface area contributed by atoms with Crippen molar-refractivity contribution in [2.24, 2.45) is 5.92 Å². The molecule has 0 radical (unpaired) electrons. The maximum Gasteiger partial charge on any atom is 0.0628 e. The summed E-state index contributed by atoms with van der Waals surface area (Å²) in [6, 6.07) is 0. The van der Waals surface area contributed by atoms with Crippen LogP contribution in [0.1, 0.15) is 19.8 Å². The summed E-state index contributed by atoms with van der Waals surface area (Å²) in [5.41, 5.74) is -0.1000. The van der Waals surface area contributed by atoms with Crippen LogP contribution in [0.5, 0.6) is 0 Å². The van der Waals surface area contributed by atoms with Crippen molar-refractivity contribution in [2.45, 2.75) is 25.3 Å². The van der Waals surface area contributed by atoms with Crippen molar-refractivity contribution in [1.82, 2.24) is 10.2 Å². The predicted octanol–water partition coefficient (Wildman–Crippen LogP) is 0.315. The smallest absolute Gasteiger partial charge is 0.0628 e. The van der Waals surface area contributed by atoms with Crippen LogP contribution in [0.15, 0.2) is 0 Å². The molecule has 2 N–H and O–H groups in total. The number of likely N-dealkylation sites (N-methyl/N-ethyl adjacent to an activating group) is 2. The lowest BCUT2D eigenvalue weighted by Crippen LogP contribution is -2.57.